The summed E-state index contributed by atoms with van der Waals surface area (Å²) < 4.78 is 14.2. The van der Waals surface area contributed by atoms with E-state index in [1.807, 2.05) is 6.92 Å². The highest BCUT2D eigenvalue weighted by Crippen LogP contribution is 2.03. The Morgan fingerprint density at radius 1 is 1.22 bits per heavy atom. The van der Waals surface area contributed by atoms with Gasteiger partial charge in [0.25, 0.3) is 5.56 Å². The number of methoxy groups -OCH3 is 2. The van der Waals surface area contributed by atoms with Crippen molar-refractivity contribution in [3.05, 3.63) is 41.8 Å². The summed E-state index contributed by atoms with van der Waals surface area (Å²) in [4.78, 5) is 27.7. The standard InChI is InChI=1S/C5H3N3O.C4H5N3O.C4H10O2/c1-4-5(7-2-6-1)9-3-8-4;5-3-1-6-2-7-4(3)8;1-4(5-2)6-3/h1-3H;1-2H,5H2,(H,6,7,8);4H,1-3H3. The Balaban J connectivity index is 0.000000177. The molecule has 0 aliphatic rings. The minimum absolute atomic E-state index is 0.0648. The highest BCUT2D eigenvalue weighted by Gasteiger charge is 1.94. The van der Waals surface area contributed by atoms with E-state index in [1.54, 1.807) is 20.4 Å². The highest BCUT2D eigenvalue weighted by molar-refractivity contribution is 5.64. The predicted octanol–water partition coefficient (Wildman–Crippen LogP) is 0.595. The average molecular weight is 322 g/mol. The number of oxazole rings is 1. The fourth-order valence-corrected chi connectivity index (χ4v) is 1.08. The molecule has 0 unspecified atom stereocenters. The molecule has 0 aromatic carbocycles. The van der Waals surface area contributed by atoms with Gasteiger partial charge in [-0.1, -0.05) is 0 Å². The van der Waals surface area contributed by atoms with Gasteiger partial charge in [0.15, 0.2) is 12.7 Å². The van der Waals surface area contributed by atoms with Crippen molar-refractivity contribution < 1.29 is 13.9 Å². The number of nitrogens with two attached hydrogens (primary N) is 1. The topological polar surface area (TPSA) is 142 Å². The molecule has 124 valence electrons. The van der Waals surface area contributed by atoms with Crippen LogP contribution in [0.3, 0.4) is 0 Å². The maximum Gasteiger partial charge on any atom is 0.273 e. The number of H-pyrrole nitrogens is 1. The molecule has 3 heterocycles. The minimum atomic E-state index is -0.292. The molecule has 0 saturated heterocycles. The normalized spacial score (nSPS) is 9.74. The van der Waals surface area contributed by atoms with E-state index in [0.717, 1.165) is 0 Å². The second-order valence-electron chi connectivity index (χ2n) is 3.94. The first-order valence-corrected chi connectivity index (χ1v) is 6.41. The summed E-state index contributed by atoms with van der Waals surface area (Å²) in [5.74, 6) is 0. The van der Waals surface area contributed by atoms with Crippen LogP contribution < -0.4 is 11.3 Å². The Kier molecular flexibility index (Phi) is 7.89. The SMILES string of the molecule is COC(C)OC.Nc1cnc[nH]c1=O.c1ncc2ncoc2n1. The van der Waals surface area contributed by atoms with Gasteiger partial charge in [0.2, 0.25) is 5.71 Å². The Labute approximate surface area is 131 Å². The van der Waals surface area contributed by atoms with Gasteiger partial charge >= 0.3 is 0 Å². The smallest absolute Gasteiger partial charge is 0.273 e. The number of aromatic nitrogens is 5. The third-order valence-corrected chi connectivity index (χ3v) is 2.42. The number of nitrogen functional groups attached to an aromatic ring is 1. The van der Waals surface area contributed by atoms with Crippen molar-refractivity contribution in [2.45, 2.75) is 13.2 Å². The zero-order chi connectivity index (χ0) is 17.1. The Morgan fingerprint density at radius 3 is 2.43 bits per heavy atom. The number of hydrogen-bond acceptors (Lipinski definition) is 9. The van der Waals surface area contributed by atoms with E-state index in [9.17, 15) is 4.79 Å². The molecule has 3 aromatic heterocycles. The number of hydrogen-bond donors (Lipinski definition) is 2. The van der Waals surface area contributed by atoms with Crippen molar-refractivity contribution in [1.29, 1.82) is 0 Å². The molecule has 10 nitrogen and oxygen atoms in total. The second-order valence-corrected chi connectivity index (χ2v) is 3.94. The van der Waals surface area contributed by atoms with Crippen LogP contribution in [0.15, 0.2) is 40.7 Å². The molecule has 3 aromatic rings. The van der Waals surface area contributed by atoms with Crippen LogP contribution in [-0.2, 0) is 9.47 Å². The van der Waals surface area contributed by atoms with Gasteiger partial charge in [0.1, 0.15) is 17.5 Å². The quantitative estimate of drug-likeness (QED) is 0.648. The number of fused-ring (bicyclic) bond motifs is 1. The molecule has 0 aliphatic heterocycles. The molecule has 0 fully saturated rings. The van der Waals surface area contributed by atoms with Crippen molar-refractivity contribution in [2.75, 3.05) is 20.0 Å². The fourth-order valence-electron chi connectivity index (χ4n) is 1.08. The van der Waals surface area contributed by atoms with E-state index in [2.05, 4.69) is 34.4 Å². The van der Waals surface area contributed by atoms with E-state index >= 15 is 0 Å². The molecule has 3 rings (SSSR count). The van der Waals surface area contributed by atoms with Crippen LogP contribution in [0, 0.1) is 0 Å². The van der Waals surface area contributed by atoms with Gasteiger partial charge in [-0.15, -0.1) is 0 Å². The van der Waals surface area contributed by atoms with Crippen LogP contribution in [0.5, 0.6) is 0 Å². The largest absolute Gasteiger partial charge is 0.425 e. The molecule has 0 amide bonds. The van der Waals surface area contributed by atoms with Crippen LogP contribution in [0.2, 0.25) is 0 Å². The van der Waals surface area contributed by atoms with Crippen LogP contribution in [0.25, 0.3) is 11.2 Å². The number of aromatic amines is 1. The lowest BCUT2D eigenvalue weighted by atomic mass is 10.6. The summed E-state index contributed by atoms with van der Waals surface area (Å²) in [5, 5.41) is 0. The summed E-state index contributed by atoms with van der Waals surface area (Å²) in [6, 6.07) is 0. The number of anilines is 1. The van der Waals surface area contributed by atoms with E-state index in [4.69, 9.17) is 10.2 Å². The Bertz CT molecular complexity index is 710. The van der Waals surface area contributed by atoms with Crippen LogP contribution in [-0.4, -0.2) is 45.4 Å². The summed E-state index contributed by atoms with van der Waals surface area (Å²) in [5.41, 5.74) is 6.19. The first-order chi connectivity index (χ1) is 11.1. The molecule has 23 heavy (non-hydrogen) atoms. The zero-order valence-corrected chi connectivity index (χ0v) is 13.0. The van der Waals surface area contributed by atoms with Crippen LogP contribution >= 0.6 is 0 Å². The molecule has 0 spiro atoms. The van der Waals surface area contributed by atoms with Crippen molar-refractivity contribution in [2.24, 2.45) is 0 Å². The molecule has 0 atom stereocenters. The molecule has 0 radical (unpaired) electrons. The van der Waals surface area contributed by atoms with Crippen molar-refractivity contribution in [3.63, 3.8) is 0 Å². The molecular weight excluding hydrogens is 304 g/mol. The van der Waals surface area contributed by atoms with Gasteiger partial charge in [0, 0.05) is 14.2 Å². The molecular formula is C13H18N6O4. The molecule has 0 aliphatic carbocycles. The molecule has 0 bridgehead atoms. The summed E-state index contributed by atoms with van der Waals surface area (Å²) >= 11 is 0. The van der Waals surface area contributed by atoms with Gasteiger partial charge in [-0.05, 0) is 6.92 Å². The van der Waals surface area contributed by atoms with Gasteiger partial charge in [-0.25, -0.2) is 15.0 Å². The third kappa shape index (κ3) is 6.63. The second kappa shape index (κ2) is 9.97. The average Bonchev–Trinajstić information content (AvgIpc) is 3.06. The lowest BCUT2D eigenvalue weighted by Crippen LogP contribution is -2.10. The van der Waals surface area contributed by atoms with E-state index < -0.39 is 0 Å². The summed E-state index contributed by atoms with van der Waals surface area (Å²) in [7, 11) is 3.21. The number of ether oxygens (including phenoxy) is 2. The van der Waals surface area contributed by atoms with Gasteiger partial charge in [-0.2, -0.15) is 4.98 Å². The maximum atomic E-state index is 10.4. The first-order valence-electron chi connectivity index (χ1n) is 6.41. The summed E-state index contributed by atoms with van der Waals surface area (Å²) in [6.45, 7) is 1.83. The zero-order valence-electron chi connectivity index (χ0n) is 13.0. The Morgan fingerprint density at radius 2 is 1.96 bits per heavy atom. The molecule has 10 heteroatoms. The summed E-state index contributed by atoms with van der Waals surface area (Å²) in [6.07, 6.45) is 6.90. The lowest BCUT2D eigenvalue weighted by molar-refractivity contribution is -0.0877. The predicted molar refractivity (Wildman–Crippen MR) is 82.3 cm³/mol. The lowest BCUT2D eigenvalue weighted by Gasteiger charge is -2.03. The first kappa shape index (κ1) is 18.2. The molecule has 0 saturated carbocycles. The maximum absolute atomic E-state index is 10.4. The van der Waals surface area contributed by atoms with Gasteiger partial charge in [-0.3, -0.25) is 4.79 Å². The van der Waals surface area contributed by atoms with E-state index in [0.29, 0.717) is 11.2 Å². The monoisotopic (exact) mass is 322 g/mol. The molecule has 3 N–H and O–H groups in total. The van der Waals surface area contributed by atoms with Gasteiger partial charge < -0.3 is 24.6 Å². The number of nitrogens with zero attached hydrogens (tertiary/aromatic N) is 4. The van der Waals surface area contributed by atoms with E-state index in [-0.39, 0.29) is 17.5 Å². The number of rotatable bonds is 2. The minimum Gasteiger partial charge on any atom is -0.425 e. The third-order valence-electron chi connectivity index (χ3n) is 2.42. The van der Waals surface area contributed by atoms with Gasteiger partial charge in [0.05, 0.1) is 18.7 Å². The Hall–Kier alpha value is -2.85. The number of nitrogens with one attached hydrogen (secondary N) is 1. The van der Waals surface area contributed by atoms with Crippen LogP contribution in [0.4, 0.5) is 5.69 Å². The van der Waals surface area contributed by atoms with Crippen molar-refractivity contribution in [1.82, 2.24) is 24.9 Å². The van der Waals surface area contributed by atoms with Crippen LogP contribution in [0.1, 0.15) is 6.92 Å². The fraction of sp³-hybridized carbons (Fsp3) is 0.308. The van der Waals surface area contributed by atoms with Crippen molar-refractivity contribution in [3.8, 4) is 0 Å². The highest BCUT2D eigenvalue weighted by atomic mass is 16.7. The van der Waals surface area contributed by atoms with E-state index in [1.165, 1.54) is 25.2 Å². The van der Waals surface area contributed by atoms with Crippen molar-refractivity contribution >= 4 is 16.9 Å².